The predicted molar refractivity (Wildman–Crippen MR) is 69.4 cm³/mol. The molecular weight excluding hydrogens is 248 g/mol. The molecule has 0 aliphatic carbocycles. The second kappa shape index (κ2) is 4.86. The Labute approximate surface area is 109 Å². The van der Waals surface area contributed by atoms with Crippen LogP contribution in [-0.4, -0.2) is 17.5 Å². The van der Waals surface area contributed by atoms with E-state index in [0.717, 1.165) is 18.7 Å². The highest BCUT2D eigenvalue weighted by molar-refractivity contribution is 7.10. The molecule has 0 aromatic carbocycles. The Morgan fingerprint density at radius 2 is 2.44 bits per heavy atom. The van der Waals surface area contributed by atoms with Crippen molar-refractivity contribution in [3.05, 3.63) is 46.0 Å². The van der Waals surface area contributed by atoms with Gasteiger partial charge in [0.25, 0.3) is 0 Å². The average molecular weight is 262 g/mol. The van der Waals surface area contributed by atoms with Crippen LogP contribution >= 0.6 is 11.3 Å². The zero-order chi connectivity index (χ0) is 12.4. The van der Waals surface area contributed by atoms with Crippen LogP contribution in [0.1, 0.15) is 16.2 Å². The van der Waals surface area contributed by atoms with E-state index in [0.29, 0.717) is 13.1 Å². The number of nitrogens with zero attached hydrogens (tertiary/aromatic N) is 1. The minimum Gasteiger partial charge on any atom is -0.467 e. The molecule has 1 aliphatic rings. The van der Waals surface area contributed by atoms with Gasteiger partial charge < -0.3 is 14.6 Å². The zero-order valence-corrected chi connectivity index (χ0v) is 10.7. The maximum atomic E-state index is 12.0. The van der Waals surface area contributed by atoms with Crippen molar-refractivity contribution >= 4 is 17.4 Å². The van der Waals surface area contributed by atoms with E-state index in [1.807, 2.05) is 17.0 Å². The number of urea groups is 1. The number of carbonyl (C=O) groups excluding carboxylic acids is 1. The molecule has 2 amide bonds. The minimum atomic E-state index is -0.0248. The number of amides is 2. The second-order valence-electron chi connectivity index (χ2n) is 4.28. The summed E-state index contributed by atoms with van der Waals surface area (Å²) in [5.41, 5.74) is 1.28. The maximum Gasteiger partial charge on any atom is 0.318 e. The molecule has 1 aliphatic heterocycles. The molecule has 2 aromatic rings. The first-order valence-corrected chi connectivity index (χ1v) is 6.81. The van der Waals surface area contributed by atoms with E-state index in [1.165, 1.54) is 10.4 Å². The van der Waals surface area contributed by atoms with E-state index in [4.69, 9.17) is 4.42 Å². The Kier molecular flexibility index (Phi) is 3.06. The van der Waals surface area contributed by atoms with Crippen LogP contribution in [0, 0.1) is 0 Å². The first kappa shape index (κ1) is 11.3. The largest absolute Gasteiger partial charge is 0.467 e. The highest BCUT2D eigenvalue weighted by Crippen LogP contribution is 2.23. The Bertz CT molecular complexity index is 533. The quantitative estimate of drug-likeness (QED) is 0.904. The van der Waals surface area contributed by atoms with Crippen molar-refractivity contribution in [2.75, 3.05) is 6.54 Å². The number of carbonyl (C=O) groups is 1. The van der Waals surface area contributed by atoms with Gasteiger partial charge in [-0.15, -0.1) is 11.3 Å². The number of rotatable bonds is 2. The fourth-order valence-electron chi connectivity index (χ4n) is 2.11. The van der Waals surface area contributed by atoms with Crippen molar-refractivity contribution in [1.29, 1.82) is 0 Å². The van der Waals surface area contributed by atoms with E-state index in [2.05, 4.69) is 16.8 Å². The lowest BCUT2D eigenvalue weighted by atomic mass is 10.1. The fourth-order valence-corrected chi connectivity index (χ4v) is 3.00. The molecule has 0 saturated carbocycles. The van der Waals surface area contributed by atoms with Gasteiger partial charge in [0.05, 0.1) is 12.8 Å². The molecule has 18 heavy (non-hydrogen) atoms. The predicted octanol–water partition coefficient (Wildman–Crippen LogP) is 2.61. The first-order chi connectivity index (χ1) is 8.83. The highest BCUT2D eigenvalue weighted by Gasteiger charge is 2.21. The molecule has 0 bridgehead atoms. The van der Waals surface area contributed by atoms with Gasteiger partial charge in [-0.1, -0.05) is 0 Å². The molecule has 2 aromatic heterocycles. The summed E-state index contributed by atoms with van der Waals surface area (Å²) in [4.78, 5) is 15.3. The molecule has 0 unspecified atom stereocenters. The van der Waals surface area contributed by atoms with E-state index >= 15 is 0 Å². The van der Waals surface area contributed by atoms with Crippen LogP contribution in [0.2, 0.25) is 0 Å². The summed E-state index contributed by atoms with van der Waals surface area (Å²) in [5.74, 6) is 0.775. The van der Waals surface area contributed by atoms with Crippen molar-refractivity contribution in [2.45, 2.75) is 19.5 Å². The van der Waals surface area contributed by atoms with E-state index in [1.54, 1.807) is 17.6 Å². The van der Waals surface area contributed by atoms with Gasteiger partial charge in [-0.05, 0) is 35.6 Å². The van der Waals surface area contributed by atoms with Gasteiger partial charge in [-0.2, -0.15) is 0 Å². The molecule has 3 heterocycles. The highest BCUT2D eigenvalue weighted by atomic mass is 32.1. The summed E-state index contributed by atoms with van der Waals surface area (Å²) in [6.07, 6.45) is 2.57. The van der Waals surface area contributed by atoms with Gasteiger partial charge in [-0.25, -0.2) is 4.79 Å². The van der Waals surface area contributed by atoms with Crippen LogP contribution in [-0.2, 0) is 19.5 Å². The van der Waals surface area contributed by atoms with Crippen LogP contribution in [0.4, 0.5) is 4.79 Å². The van der Waals surface area contributed by atoms with Crippen molar-refractivity contribution in [2.24, 2.45) is 0 Å². The van der Waals surface area contributed by atoms with Gasteiger partial charge in [-0.3, -0.25) is 0 Å². The molecule has 3 rings (SSSR count). The topological polar surface area (TPSA) is 45.5 Å². The molecule has 94 valence electrons. The van der Waals surface area contributed by atoms with Gasteiger partial charge in [0.15, 0.2) is 0 Å². The number of fused-ring (bicyclic) bond motifs is 1. The molecule has 0 radical (unpaired) electrons. The summed E-state index contributed by atoms with van der Waals surface area (Å²) in [7, 11) is 0. The van der Waals surface area contributed by atoms with Crippen molar-refractivity contribution in [1.82, 2.24) is 10.2 Å². The average Bonchev–Trinajstić information content (AvgIpc) is 3.05. The lowest BCUT2D eigenvalue weighted by Gasteiger charge is -2.26. The van der Waals surface area contributed by atoms with Crippen LogP contribution in [0.15, 0.2) is 34.3 Å². The molecule has 5 heteroatoms. The third-order valence-electron chi connectivity index (χ3n) is 3.09. The third-order valence-corrected chi connectivity index (χ3v) is 4.11. The number of nitrogens with one attached hydrogen (secondary N) is 1. The van der Waals surface area contributed by atoms with E-state index in [9.17, 15) is 4.79 Å². The number of furan rings is 1. The second-order valence-corrected chi connectivity index (χ2v) is 5.28. The molecule has 0 saturated heterocycles. The molecule has 0 atom stereocenters. The maximum absolute atomic E-state index is 12.0. The zero-order valence-electron chi connectivity index (χ0n) is 9.89. The summed E-state index contributed by atoms with van der Waals surface area (Å²) in [6.45, 7) is 1.94. The lowest BCUT2D eigenvalue weighted by molar-refractivity contribution is 0.191. The van der Waals surface area contributed by atoms with Crippen molar-refractivity contribution in [3.63, 3.8) is 0 Å². The molecule has 4 nitrogen and oxygen atoms in total. The van der Waals surface area contributed by atoms with Crippen LogP contribution in [0.5, 0.6) is 0 Å². The van der Waals surface area contributed by atoms with Crippen LogP contribution < -0.4 is 5.32 Å². The monoisotopic (exact) mass is 262 g/mol. The summed E-state index contributed by atoms with van der Waals surface area (Å²) in [5, 5.41) is 4.97. The van der Waals surface area contributed by atoms with Crippen molar-refractivity contribution < 1.29 is 9.21 Å². The summed E-state index contributed by atoms with van der Waals surface area (Å²) < 4.78 is 5.18. The Balaban J connectivity index is 1.57. The van der Waals surface area contributed by atoms with Crippen molar-refractivity contribution in [3.8, 4) is 0 Å². The first-order valence-electron chi connectivity index (χ1n) is 5.93. The van der Waals surface area contributed by atoms with Gasteiger partial charge in [0, 0.05) is 18.0 Å². The third kappa shape index (κ3) is 2.26. The Hall–Kier alpha value is -1.75. The van der Waals surface area contributed by atoms with Gasteiger partial charge >= 0.3 is 6.03 Å². The Morgan fingerprint density at radius 1 is 1.50 bits per heavy atom. The normalized spacial score (nSPS) is 14.3. The van der Waals surface area contributed by atoms with E-state index in [-0.39, 0.29) is 6.03 Å². The van der Waals surface area contributed by atoms with Crippen LogP contribution in [0.3, 0.4) is 0 Å². The molecule has 0 spiro atoms. The Morgan fingerprint density at radius 3 is 3.28 bits per heavy atom. The standard InChI is InChI=1S/C13H14N2O2S/c16-13(14-8-11-2-1-6-17-11)15-5-3-12-10(9-15)4-7-18-12/h1-2,4,6-7H,3,5,8-9H2,(H,14,16). The number of hydrogen-bond donors (Lipinski definition) is 1. The number of hydrogen-bond acceptors (Lipinski definition) is 3. The van der Waals surface area contributed by atoms with Gasteiger partial charge in [0.1, 0.15) is 5.76 Å². The molecule has 0 fully saturated rings. The number of thiophene rings is 1. The lowest BCUT2D eigenvalue weighted by Crippen LogP contribution is -2.42. The minimum absolute atomic E-state index is 0.0248. The fraction of sp³-hybridized carbons (Fsp3) is 0.308. The summed E-state index contributed by atoms with van der Waals surface area (Å²) in [6, 6.07) is 5.75. The van der Waals surface area contributed by atoms with Gasteiger partial charge in [0.2, 0.25) is 0 Å². The van der Waals surface area contributed by atoms with E-state index < -0.39 is 0 Å². The SMILES string of the molecule is O=C(NCc1ccco1)N1CCc2sccc2C1. The summed E-state index contributed by atoms with van der Waals surface area (Å²) >= 11 is 1.78. The molecular formula is C13H14N2O2S. The smallest absolute Gasteiger partial charge is 0.318 e. The van der Waals surface area contributed by atoms with Crippen LogP contribution in [0.25, 0.3) is 0 Å². The molecule has 1 N–H and O–H groups in total.